The standard InChI is InChI=1S/C11H19N3/c1-14(2)10-5-3-9(4-6-10)11(13)7-8-12/h3-6,11H,7-8,12-13H2,1-2H3. The molecule has 0 aliphatic heterocycles. The maximum Gasteiger partial charge on any atom is 0.0361 e. The molecule has 0 aliphatic carbocycles. The molecule has 0 heterocycles. The smallest absolute Gasteiger partial charge is 0.0361 e. The molecule has 0 saturated carbocycles. The van der Waals surface area contributed by atoms with Crippen LogP contribution in [0.2, 0.25) is 0 Å². The molecular weight excluding hydrogens is 174 g/mol. The van der Waals surface area contributed by atoms with Crippen molar-refractivity contribution in [2.75, 3.05) is 25.5 Å². The molecule has 0 fully saturated rings. The highest BCUT2D eigenvalue weighted by Gasteiger charge is 2.04. The first-order chi connectivity index (χ1) is 6.65. The Morgan fingerprint density at radius 3 is 2.21 bits per heavy atom. The van der Waals surface area contributed by atoms with E-state index in [0.29, 0.717) is 6.54 Å². The summed E-state index contributed by atoms with van der Waals surface area (Å²) >= 11 is 0. The summed E-state index contributed by atoms with van der Waals surface area (Å²) in [5.74, 6) is 0. The highest BCUT2D eigenvalue weighted by molar-refractivity contribution is 5.46. The summed E-state index contributed by atoms with van der Waals surface area (Å²) in [6.45, 7) is 0.636. The van der Waals surface area contributed by atoms with E-state index in [-0.39, 0.29) is 6.04 Å². The molecule has 0 saturated heterocycles. The van der Waals surface area contributed by atoms with Crippen LogP contribution in [0.5, 0.6) is 0 Å². The average molecular weight is 193 g/mol. The van der Waals surface area contributed by atoms with Gasteiger partial charge in [0.25, 0.3) is 0 Å². The molecule has 1 atom stereocenters. The minimum Gasteiger partial charge on any atom is -0.378 e. The van der Waals surface area contributed by atoms with Crippen LogP contribution in [-0.4, -0.2) is 20.6 Å². The maximum absolute atomic E-state index is 5.94. The van der Waals surface area contributed by atoms with Crippen molar-refractivity contribution in [3.05, 3.63) is 29.8 Å². The van der Waals surface area contributed by atoms with E-state index in [1.54, 1.807) is 0 Å². The van der Waals surface area contributed by atoms with Crippen molar-refractivity contribution in [3.8, 4) is 0 Å². The fourth-order valence-electron chi connectivity index (χ4n) is 1.37. The Balaban J connectivity index is 2.72. The second-order valence-corrected chi connectivity index (χ2v) is 3.67. The molecule has 14 heavy (non-hydrogen) atoms. The van der Waals surface area contributed by atoms with E-state index in [4.69, 9.17) is 11.5 Å². The van der Waals surface area contributed by atoms with Crippen LogP contribution in [0, 0.1) is 0 Å². The summed E-state index contributed by atoms with van der Waals surface area (Å²) in [6.07, 6.45) is 0.835. The summed E-state index contributed by atoms with van der Waals surface area (Å²) in [5.41, 5.74) is 13.7. The van der Waals surface area contributed by atoms with Crippen LogP contribution in [0.4, 0.5) is 5.69 Å². The monoisotopic (exact) mass is 193 g/mol. The van der Waals surface area contributed by atoms with Crippen LogP contribution in [0.15, 0.2) is 24.3 Å². The molecule has 0 radical (unpaired) electrons. The first kappa shape index (κ1) is 11.0. The van der Waals surface area contributed by atoms with E-state index in [0.717, 1.165) is 12.0 Å². The van der Waals surface area contributed by atoms with Gasteiger partial charge < -0.3 is 16.4 Å². The lowest BCUT2D eigenvalue weighted by molar-refractivity contribution is 0.661. The molecule has 0 aromatic heterocycles. The lowest BCUT2D eigenvalue weighted by atomic mass is 10.0. The van der Waals surface area contributed by atoms with Crippen LogP contribution >= 0.6 is 0 Å². The Morgan fingerprint density at radius 1 is 1.21 bits per heavy atom. The number of anilines is 1. The van der Waals surface area contributed by atoms with E-state index in [1.165, 1.54) is 5.69 Å². The van der Waals surface area contributed by atoms with Gasteiger partial charge in [0.15, 0.2) is 0 Å². The molecule has 3 heteroatoms. The number of benzene rings is 1. The van der Waals surface area contributed by atoms with Crippen molar-refractivity contribution in [3.63, 3.8) is 0 Å². The van der Waals surface area contributed by atoms with Crippen molar-refractivity contribution in [1.82, 2.24) is 0 Å². The third-order valence-electron chi connectivity index (χ3n) is 2.32. The SMILES string of the molecule is CN(C)c1ccc(C(N)CCN)cc1. The molecule has 0 aliphatic rings. The molecule has 4 N–H and O–H groups in total. The summed E-state index contributed by atoms with van der Waals surface area (Å²) < 4.78 is 0. The zero-order chi connectivity index (χ0) is 10.6. The second-order valence-electron chi connectivity index (χ2n) is 3.67. The summed E-state index contributed by atoms with van der Waals surface area (Å²) in [5, 5.41) is 0. The number of hydrogen-bond donors (Lipinski definition) is 2. The predicted octanol–water partition coefficient (Wildman–Crippen LogP) is 1.10. The van der Waals surface area contributed by atoms with E-state index < -0.39 is 0 Å². The van der Waals surface area contributed by atoms with Gasteiger partial charge in [0.1, 0.15) is 0 Å². The van der Waals surface area contributed by atoms with Gasteiger partial charge in [0.05, 0.1) is 0 Å². The highest BCUT2D eigenvalue weighted by atomic mass is 15.1. The van der Waals surface area contributed by atoms with Crippen LogP contribution in [0.25, 0.3) is 0 Å². The predicted molar refractivity (Wildman–Crippen MR) is 61.4 cm³/mol. The van der Waals surface area contributed by atoms with E-state index in [2.05, 4.69) is 29.2 Å². The van der Waals surface area contributed by atoms with E-state index in [9.17, 15) is 0 Å². The number of hydrogen-bond acceptors (Lipinski definition) is 3. The molecule has 3 nitrogen and oxygen atoms in total. The molecule has 78 valence electrons. The van der Waals surface area contributed by atoms with E-state index in [1.807, 2.05) is 14.1 Å². The van der Waals surface area contributed by atoms with Gasteiger partial charge in [-0.1, -0.05) is 12.1 Å². The Labute approximate surface area is 85.7 Å². The molecule has 1 rings (SSSR count). The number of nitrogens with zero attached hydrogens (tertiary/aromatic N) is 1. The van der Waals surface area contributed by atoms with Crippen LogP contribution in [0.1, 0.15) is 18.0 Å². The summed E-state index contributed by atoms with van der Waals surface area (Å²) in [6, 6.07) is 8.35. The fraction of sp³-hybridized carbons (Fsp3) is 0.455. The van der Waals surface area contributed by atoms with Crippen molar-refractivity contribution in [2.24, 2.45) is 11.5 Å². The van der Waals surface area contributed by atoms with Gasteiger partial charge in [0.2, 0.25) is 0 Å². The topological polar surface area (TPSA) is 55.3 Å². The molecule has 0 amide bonds. The first-order valence-corrected chi connectivity index (χ1v) is 4.88. The molecular formula is C11H19N3. The molecule has 1 unspecified atom stereocenters. The largest absolute Gasteiger partial charge is 0.378 e. The molecule has 1 aromatic rings. The first-order valence-electron chi connectivity index (χ1n) is 4.88. The quantitative estimate of drug-likeness (QED) is 0.753. The van der Waals surface area contributed by atoms with Crippen molar-refractivity contribution < 1.29 is 0 Å². The van der Waals surface area contributed by atoms with Gasteiger partial charge >= 0.3 is 0 Å². The van der Waals surface area contributed by atoms with Gasteiger partial charge in [-0.25, -0.2) is 0 Å². The molecule has 0 spiro atoms. The Kier molecular flexibility index (Phi) is 3.92. The third kappa shape index (κ3) is 2.72. The van der Waals surface area contributed by atoms with Gasteiger partial charge in [0, 0.05) is 25.8 Å². The average Bonchev–Trinajstić information content (AvgIpc) is 2.18. The second kappa shape index (κ2) is 4.98. The Hall–Kier alpha value is -1.06. The molecule has 1 aromatic carbocycles. The van der Waals surface area contributed by atoms with Crippen molar-refractivity contribution in [2.45, 2.75) is 12.5 Å². The Bertz CT molecular complexity index is 266. The van der Waals surface area contributed by atoms with Gasteiger partial charge in [-0.05, 0) is 30.7 Å². The van der Waals surface area contributed by atoms with E-state index >= 15 is 0 Å². The third-order valence-corrected chi connectivity index (χ3v) is 2.32. The zero-order valence-corrected chi connectivity index (χ0v) is 8.90. The number of nitrogens with two attached hydrogens (primary N) is 2. The summed E-state index contributed by atoms with van der Waals surface area (Å²) in [4.78, 5) is 2.07. The Morgan fingerprint density at radius 2 is 1.79 bits per heavy atom. The van der Waals surface area contributed by atoms with Crippen LogP contribution < -0.4 is 16.4 Å². The van der Waals surface area contributed by atoms with Crippen LogP contribution in [0.3, 0.4) is 0 Å². The van der Waals surface area contributed by atoms with Crippen LogP contribution in [-0.2, 0) is 0 Å². The normalized spacial score (nSPS) is 12.6. The zero-order valence-electron chi connectivity index (χ0n) is 8.90. The minimum atomic E-state index is 0.0659. The van der Waals surface area contributed by atoms with Crippen molar-refractivity contribution in [1.29, 1.82) is 0 Å². The summed E-state index contributed by atoms with van der Waals surface area (Å²) in [7, 11) is 4.05. The van der Waals surface area contributed by atoms with Gasteiger partial charge in [-0.3, -0.25) is 0 Å². The van der Waals surface area contributed by atoms with Gasteiger partial charge in [-0.2, -0.15) is 0 Å². The highest BCUT2D eigenvalue weighted by Crippen LogP contribution is 2.17. The van der Waals surface area contributed by atoms with Crippen molar-refractivity contribution >= 4 is 5.69 Å². The fourth-order valence-corrected chi connectivity index (χ4v) is 1.37. The minimum absolute atomic E-state index is 0.0659. The lowest BCUT2D eigenvalue weighted by Gasteiger charge is -2.15. The maximum atomic E-state index is 5.94. The number of rotatable bonds is 4. The lowest BCUT2D eigenvalue weighted by Crippen LogP contribution is -2.15. The molecule has 0 bridgehead atoms. The van der Waals surface area contributed by atoms with Gasteiger partial charge in [-0.15, -0.1) is 0 Å².